The molecule has 0 radical (unpaired) electrons. The van der Waals surface area contributed by atoms with Gasteiger partial charge in [-0.2, -0.15) is 5.26 Å². The van der Waals surface area contributed by atoms with Crippen molar-refractivity contribution < 1.29 is 4.79 Å². The highest BCUT2D eigenvalue weighted by atomic mass is 16.1. The number of hydrogen-bond acceptors (Lipinski definition) is 3. The van der Waals surface area contributed by atoms with Crippen molar-refractivity contribution in [3.63, 3.8) is 0 Å². The van der Waals surface area contributed by atoms with Crippen molar-refractivity contribution in [3.05, 3.63) is 35.4 Å². The molecule has 0 saturated carbocycles. The van der Waals surface area contributed by atoms with Gasteiger partial charge >= 0.3 is 0 Å². The second-order valence-electron chi connectivity index (χ2n) is 5.07. The van der Waals surface area contributed by atoms with Crippen molar-refractivity contribution >= 4 is 5.91 Å². The van der Waals surface area contributed by atoms with Crippen LogP contribution in [0.4, 0.5) is 0 Å². The lowest BCUT2D eigenvalue weighted by atomic mass is 10.1. The molecule has 1 N–H and O–H groups in total. The van der Waals surface area contributed by atoms with E-state index in [0.717, 1.165) is 19.6 Å². The Bertz CT molecular complexity index is 486. The zero-order chi connectivity index (χ0) is 13.7. The number of amides is 1. The summed E-state index contributed by atoms with van der Waals surface area (Å²) >= 11 is 0. The third-order valence-corrected chi connectivity index (χ3v) is 3.36. The van der Waals surface area contributed by atoms with Crippen molar-refractivity contribution in [2.45, 2.75) is 25.8 Å². The van der Waals surface area contributed by atoms with Crippen molar-refractivity contribution in [1.29, 1.82) is 5.26 Å². The highest BCUT2D eigenvalue weighted by Gasteiger charge is 2.16. The zero-order valence-corrected chi connectivity index (χ0v) is 11.2. The van der Waals surface area contributed by atoms with Crippen LogP contribution in [0.3, 0.4) is 0 Å². The van der Waals surface area contributed by atoms with Gasteiger partial charge in [-0.1, -0.05) is 6.07 Å². The van der Waals surface area contributed by atoms with Crippen molar-refractivity contribution in [1.82, 2.24) is 10.2 Å². The van der Waals surface area contributed by atoms with Gasteiger partial charge in [-0.15, -0.1) is 0 Å². The van der Waals surface area contributed by atoms with Crippen LogP contribution in [0.2, 0.25) is 0 Å². The van der Waals surface area contributed by atoms with Gasteiger partial charge < -0.3 is 10.2 Å². The van der Waals surface area contributed by atoms with Crippen molar-refractivity contribution in [2.24, 2.45) is 0 Å². The minimum atomic E-state index is -0.108. The monoisotopic (exact) mass is 257 g/mol. The molecular formula is C15H19N3O. The SMILES string of the molecule is CC(CN1CCCC1)NC(=O)c1cccc(C#N)c1. The first-order valence-corrected chi connectivity index (χ1v) is 6.72. The van der Waals surface area contributed by atoms with Gasteiger partial charge in [0.15, 0.2) is 0 Å². The van der Waals surface area contributed by atoms with E-state index in [-0.39, 0.29) is 11.9 Å². The fourth-order valence-corrected chi connectivity index (χ4v) is 2.44. The molecule has 4 nitrogen and oxygen atoms in total. The van der Waals surface area contributed by atoms with E-state index in [1.54, 1.807) is 24.3 Å². The predicted molar refractivity (Wildman–Crippen MR) is 73.8 cm³/mol. The first-order valence-electron chi connectivity index (χ1n) is 6.72. The summed E-state index contributed by atoms with van der Waals surface area (Å²) in [6, 6.07) is 8.96. The number of nitriles is 1. The molecular weight excluding hydrogens is 238 g/mol. The highest BCUT2D eigenvalue weighted by Crippen LogP contribution is 2.08. The minimum absolute atomic E-state index is 0.108. The molecule has 1 fully saturated rings. The molecule has 1 saturated heterocycles. The largest absolute Gasteiger partial charge is 0.348 e. The summed E-state index contributed by atoms with van der Waals surface area (Å²) in [5.74, 6) is -0.108. The summed E-state index contributed by atoms with van der Waals surface area (Å²) in [6.45, 7) is 5.17. The van der Waals surface area contributed by atoms with E-state index in [9.17, 15) is 4.79 Å². The topological polar surface area (TPSA) is 56.1 Å². The molecule has 100 valence electrons. The molecule has 1 aliphatic heterocycles. The molecule has 0 aliphatic carbocycles. The van der Waals surface area contributed by atoms with E-state index in [1.165, 1.54) is 12.8 Å². The fourth-order valence-electron chi connectivity index (χ4n) is 2.44. The quantitative estimate of drug-likeness (QED) is 0.894. The maximum atomic E-state index is 12.1. The molecule has 1 unspecified atom stereocenters. The number of nitrogens with zero attached hydrogens (tertiary/aromatic N) is 2. The second kappa shape index (κ2) is 6.35. The lowest BCUT2D eigenvalue weighted by molar-refractivity contribution is 0.0932. The summed E-state index contributed by atoms with van der Waals surface area (Å²) in [4.78, 5) is 14.4. The predicted octanol–water partition coefficient (Wildman–Crippen LogP) is 1.77. The highest BCUT2D eigenvalue weighted by molar-refractivity contribution is 5.94. The van der Waals surface area contributed by atoms with Gasteiger partial charge in [-0.05, 0) is 51.1 Å². The first kappa shape index (κ1) is 13.6. The second-order valence-corrected chi connectivity index (χ2v) is 5.07. The van der Waals surface area contributed by atoms with Crippen LogP contribution in [0.25, 0.3) is 0 Å². The van der Waals surface area contributed by atoms with Gasteiger partial charge in [0.05, 0.1) is 11.6 Å². The summed E-state index contributed by atoms with van der Waals surface area (Å²) in [5.41, 5.74) is 1.06. The molecule has 1 aromatic rings. The molecule has 0 aromatic heterocycles. The Morgan fingerprint density at radius 3 is 2.89 bits per heavy atom. The Morgan fingerprint density at radius 2 is 2.21 bits per heavy atom. The van der Waals surface area contributed by atoms with Crippen LogP contribution in [0.15, 0.2) is 24.3 Å². The van der Waals surface area contributed by atoms with Crippen LogP contribution < -0.4 is 5.32 Å². The Morgan fingerprint density at radius 1 is 1.47 bits per heavy atom. The third kappa shape index (κ3) is 3.80. The lowest BCUT2D eigenvalue weighted by Crippen LogP contribution is -2.41. The number of carbonyl (C=O) groups excluding carboxylic acids is 1. The minimum Gasteiger partial charge on any atom is -0.348 e. The standard InChI is InChI=1S/C15H19N3O/c1-12(11-18-7-2-3-8-18)17-15(19)14-6-4-5-13(9-14)10-16/h4-6,9,12H,2-3,7-8,11H2,1H3,(H,17,19). The van der Waals surface area contributed by atoms with Gasteiger partial charge in [-0.25, -0.2) is 0 Å². The molecule has 0 bridgehead atoms. The zero-order valence-electron chi connectivity index (χ0n) is 11.2. The summed E-state index contributed by atoms with van der Waals surface area (Å²) in [6.07, 6.45) is 2.51. The number of hydrogen-bond donors (Lipinski definition) is 1. The van der Waals surface area contributed by atoms with Gasteiger partial charge in [0.25, 0.3) is 5.91 Å². The normalized spacial score (nSPS) is 16.8. The average molecular weight is 257 g/mol. The Labute approximate surface area is 114 Å². The van der Waals surface area contributed by atoms with Gasteiger partial charge in [0.2, 0.25) is 0 Å². The molecule has 1 heterocycles. The molecule has 2 rings (SSSR count). The van der Waals surface area contributed by atoms with Crippen LogP contribution in [0, 0.1) is 11.3 Å². The average Bonchev–Trinajstić information content (AvgIpc) is 2.91. The molecule has 1 atom stereocenters. The van der Waals surface area contributed by atoms with E-state index >= 15 is 0 Å². The molecule has 1 aliphatic rings. The number of benzene rings is 1. The fraction of sp³-hybridized carbons (Fsp3) is 0.467. The summed E-state index contributed by atoms with van der Waals surface area (Å²) < 4.78 is 0. The van der Waals surface area contributed by atoms with Gasteiger partial charge in [0.1, 0.15) is 0 Å². The number of carbonyl (C=O) groups is 1. The van der Waals surface area contributed by atoms with Crippen LogP contribution in [0.5, 0.6) is 0 Å². The van der Waals surface area contributed by atoms with Crippen molar-refractivity contribution in [3.8, 4) is 6.07 Å². The van der Waals surface area contributed by atoms with E-state index in [4.69, 9.17) is 5.26 Å². The van der Waals surface area contributed by atoms with E-state index in [2.05, 4.69) is 10.2 Å². The Hall–Kier alpha value is -1.86. The number of rotatable bonds is 4. The smallest absolute Gasteiger partial charge is 0.251 e. The summed E-state index contributed by atoms with van der Waals surface area (Å²) in [5, 5.41) is 11.8. The van der Waals surface area contributed by atoms with E-state index in [1.807, 2.05) is 13.0 Å². The van der Waals surface area contributed by atoms with E-state index < -0.39 is 0 Å². The Balaban J connectivity index is 1.90. The first-order chi connectivity index (χ1) is 9.19. The third-order valence-electron chi connectivity index (χ3n) is 3.36. The van der Waals surface area contributed by atoms with Crippen LogP contribution in [0.1, 0.15) is 35.7 Å². The van der Waals surface area contributed by atoms with Gasteiger partial charge in [0, 0.05) is 18.2 Å². The van der Waals surface area contributed by atoms with Crippen LogP contribution in [-0.2, 0) is 0 Å². The van der Waals surface area contributed by atoms with Crippen LogP contribution in [-0.4, -0.2) is 36.5 Å². The maximum Gasteiger partial charge on any atom is 0.251 e. The number of nitrogens with one attached hydrogen (secondary N) is 1. The van der Waals surface area contributed by atoms with E-state index in [0.29, 0.717) is 11.1 Å². The summed E-state index contributed by atoms with van der Waals surface area (Å²) in [7, 11) is 0. The molecule has 1 aromatic carbocycles. The maximum absolute atomic E-state index is 12.1. The molecule has 19 heavy (non-hydrogen) atoms. The lowest BCUT2D eigenvalue weighted by Gasteiger charge is -2.21. The molecule has 1 amide bonds. The van der Waals surface area contributed by atoms with Crippen molar-refractivity contribution in [2.75, 3.05) is 19.6 Å². The molecule has 4 heteroatoms. The molecule has 0 spiro atoms. The number of likely N-dealkylation sites (tertiary alicyclic amines) is 1. The van der Waals surface area contributed by atoms with Gasteiger partial charge in [-0.3, -0.25) is 4.79 Å². The van der Waals surface area contributed by atoms with Crippen LogP contribution >= 0.6 is 0 Å². The Kier molecular flexibility index (Phi) is 4.53.